The van der Waals surface area contributed by atoms with E-state index in [2.05, 4.69) is 147 Å². The zero-order valence-corrected chi connectivity index (χ0v) is 26.8. The molecule has 0 amide bonds. The number of hydrogen-bond acceptors (Lipinski definition) is 1. The molecule has 1 aromatic heterocycles. The third-order valence-corrected chi connectivity index (χ3v) is 11.2. The molecule has 9 aromatic carbocycles. The van der Waals surface area contributed by atoms with Crippen LogP contribution in [0.5, 0.6) is 0 Å². The van der Waals surface area contributed by atoms with Gasteiger partial charge in [0.25, 0.3) is 0 Å². The van der Waals surface area contributed by atoms with Gasteiger partial charge >= 0.3 is 0 Å². The second-order valence-corrected chi connectivity index (χ2v) is 14.1. The lowest BCUT2D eigenvalue weighted by atomic mass is 9.81. The number of hydrogen-bond donors (Lipinski definition) is 0. The summed E-state index contributed by atoms with van der Waals surface area (Å²) < 4.78 is 6.28. The molecule has 0 aliphatic heterocycles. The number of para-hydroxylation sites is 1. The first-order chi connectivity index (χ1) is 23.5. The van der Waals surface area contributed by atoms with E-state index in [1.807, 2.05) is 12.1 Å². The highest BCUT2D eigenvalue weighted by molar-refractivity contribution is 6.23. The minimum absolute atomic E-state index is 0.117. The summed E-state index contributed by atoms with van der Waals surface area (Å²) in [5.41, 5.74) is 12.2. The third-order valence-electron chi connectivity index (χ3n) is 11.2. The van der Waals surface area contributed by atoms with Crippen molar-refractivity contribution in [2.45, 2.75) is 19.3 Å². The quantitative estimate of drug-likeness (QED) is 0.178. The van der Waals surface area contributed by atoms with Gasteiger partial charge in [0, 0.05) is 16.2 Å². The van der Waals surface area contributed by atoms with E-state index in [-0.39, 0.29) is 5.41 Å². The van der Waals surface area contributed by atoms with Crippen LogP contribution in [0.3, 0.4) is 0 Å². The molecule has 0 atom stereocenters. The number of fused-ring (bicyclic) bond motifs is 8. The van der Waals surface area contributed by atoms with Crippen LogP contribution in [0.2, 0.25) is 0 Å². The lowest BCUT2D eigenvalue weighted by molar-refractivity contribution is 0.661. The highest BCUT2D eigenvalue weighted by Crippen LogP contribution is 2.53. The van der Waals surface area contributed by atoms with E-state index >= 15 is 0 Å². The average molecular weight is 611 g/mol. The highest BCUT2D eigenvalue weighted by Gasteiger charge is 2.37. The van der Waals surface area contributed by atoms with E-state index in [1.54, 1.807) is 0 Å². The molecule has 1 nitrogen and oxygen atoms in total. The molecule has 0 fully saturated rings. The van der Waals surface area contributed by atoms with E-state index < -0.39 is 0 Å². The Hall–Kier alpha value is -5.92. The lowest BCUT2D eigenvalue weighted by Gasteiger charge is -2.22. The zero-order valence-electron chi connectivity index (χ0n) is 26.8. The minimum Gasteiger partial charge on any atom is -0.456 e. The van der Waals surface area contributed by atoms with Gasteiger partial charge in [0.1, 0.15) is 11.2 Å². The Bertz CT molecular complexity index is 2910. The van der Waals surface area contributed by atoms with Crippen molar-refractivity contribution in [3.05, 3.63) is 157 Å². The summed E-state index contributed by atoms with van der Waals surface area (Å²) in [5.74, 6) is 0. The predicted molar refractivity (Wildman–Crippen MR) is 203 cm³/mol. The van der Waals surface area contributed by atoms with E-state index in [4.69, 9.17) is 4.42 Å². The van der Waals surface area contributed by atoms with Gasteiger partial charge in [-0.2, -0.15) is 0 Å². The Morgan fingerprint density at radius 1 is 0.396 bits per heavy atom. The molecule has 0 bridgehead atoms. The molecule has 224 valence electrons. The normalized spacial score (nSPS) is 13.8. The molecule has 1 heteroatoms. The van der Waals surface area contributed by atoms with Crippen LogP contribution in [0.25, 0.3) is 98.4 Å². The molecule has 1 aliphatic carbocycles. The van der Waals surface area contributed by atoms with Gasteiger partial charge in [0.05, 0.1) is 0 Å². The maximum atomic E-state index is 6.28. The molecule has 0 spiro atoms. The largest absolute Gasteiger partial charge is 0.456 e. The molecule has 0 saturated heterocycles. The van der Waals surface area contributed by atoms with Gasteiger partial charge in [-0.3, -0.25) is 0 Å². The van der Waals surface area contributed by atoms with E-state index in [1.165, 1.54) is 87.6 Å². The van der Waals surface area contributed by atoms with Crippen molar-refractivity contribution in [1.82, 2.24) is 0 Å². The summed E-state index contributed by atoms with van der Waals surface area (Å²) in [5, 5.41) is 12.8. The molecule has 48 heavy (non-hydrogen) atoms. The van der Waals surface area contributed by atoms with Crippen LogP contribution in [-0.2, 0) is 5.41 Å². The summed E-state index contributed by atoms with van der Waals surface area (Å²) in [6.07, 6.45) is 0. The van der Waals surface area contributed by atoms with Crippen LogP contribution in [0, 0.1) is 0 Å². The van der Waals surface area contributed by atoms with Gasteiger partial charge < -0.3 is 4.42 Å². The second-order valence-electron chi connectivity index (χ2n) is 14.1. The van der Waals surface area contributed by atoms with Crippen molar-refractivity contribution in [3.8, 4) is 33.4 Å². The monoisotopic (exact) mass is 610 g/mol. The number of benzene rings is 9. The van der Waals surface area contributed by atoms with Gasteiger partial charge in [-0.25, -0.2) is 0 Å². The number of rotatable bonds is 2. The van der Waals surface area contributed by atoms with E-state index in [9.17, 15) is 0 Å². The molecule has 10 aromatic rings. The van der Waals surface area contributed by atoms with Crippen LogP contribution in [0.15, 0.2) is 150 Å². The molecule has 0 unspecified atom stereocenters. The summed E-state index contributed by atoms with van der Waals surface area (Å²) in [6.45, 7) is 4.76. The third kappa shape index (κ3) is 3.40. The topological polar surface area (TPSA) is 13.1 Å². The molecule has 0 N–H and O–H groups in total. The zero-order chi connectivity index (χ0) is 31.7. The molecular formula is C47H30O. The van der Waals surface area contributed by atoms with Crippen molar-refractivity contribution in [1.29, 1.82) is 0 Å². The predicted octanol–water partition coefficient (Wildman–Crippen LogP) is 13.3. The van der Waals surface area contributed by atoms with Crippen molar-refractivity contribution < 1.29 is 4.42 Å². The van der Waals surface area contributed by atoms with Gasteiger partial charge in [0.2, 0.25) is 0 Å². The second kappa shape index (κ2) is 9.12. The molecule has 11 rings (SSSR count). The van der Waals surface area contributed by atoms with Crippen molar-refractivity contribution in [2.75, 3.05) is 0 Å². The summed E-state index contributed by atoms with van der Waals surface area (Å²) >= 11 is 0. The van der Waals surface area contributed by atoms with E-state index in [0.29, 0.717) is 0 Å². The van der Waals surface area contributed by atoms with Crippen molar-refractivity contribution in [2.24, 2.45) is 0 Å². The smallest absolute Gasteiger partial charge is 0.136 e. The molecule has 0 saturated carbocycles. The molecule has 1 heterocycles. The Morgan fingerprint density at radius 2 is 1.06 bits per heavy atom. The Labute approximate surface area is 278 Å². The van der Waals surface area contributed by atoms with Crippen LogP contribution < -0.4 is 0 Å². The first-order valence-electron chi connectivity index (χ1n) is 16.8. The van der Waals surface area contributed by atoms with Crippen LogP contribution in [0.4, 0.5) is 0 Å². The molecule has 0 radical (unpaired) electrons. The van der Waals surface area contributed by atoms with Crippen LogP contribution in [-0.4, -0.2) is 0 Å². The van der Waals surface area contributed by atoms with Gasteiger partial charge in [-0.05, 0) is 124 Å². The highest BCUT2D eigenvalue weighted by atomic mass is 16.3. The lowest BCUT2D eigenvalue weighted by Crippen LogP contribution is -2.15. The summed E-state index contributed by atoms with van der Waals surface area (Å²) in [6, 6.07) is 54.0. The van der Waals surface area contributed by atoms with Gasteiger partial charge in [0.15, 0.2) is 0 Å². The molecular weight excluding hydrogens is 581 g/mol. The van der Waals surface area contributed by atoms with Gasteiger partial charge in [-0.15, -0.1) is 0 Å². The standard InChI is InChI=1S/C47H30O/c1-47(2)40-22-21-35-34(30-18-19-37-36-9-3-4-12-42(36)48-43(37)26-30)10-6-11-38(35)46(40)39-20-17-29(25-41(39)47)33-23-31-15-13-27-7-5-8-28-14-16-32(24-33)45(31)44(27)28/h3-26H,1-2H3. The van der Waals surface area contributed by atoms with Crippen molar-refractivity contribution in [3.63, 3.8) is 0 Å². The average Bonchev–Trinajstić information content (AvgIpc) is 3.61. The van der Waals surface area contributed by atoms with Gasteiger partial charge in [-0.1, -0.05) is 123 Å². The Balaban J connectivity index is 1.07. The van der Waals surface area contributed by atoms with E-state index in [0.717, 1.165) is 21.9 Å². The van der Waals surface area contributed by atoms with Crippen molar-refractivity contribution >= 4 is 65.0 Å². The molecule has 1 aliphatic rings. The summed E-state index contributed by atoms with van der Waals surface area (Å²) in [4.78, 5) is 0. The fourth-order valence-corrected chi connectivity index (χ4v) is 8.84. The first-order valence-corrected chi connectivity index (χ1v) is 16.8. The first kappa shape index (κ1) is 26.2. The summed E-state index contributed by atoms with van der Waals surface area (Å²) in [7, 11) is 0. The Morgan fingerprint density at radius 3 is 1.90 bits per heavy atom. The SMILES string of the molecule is CC1(C)c2cc(-c3cc4ccc5cccc6ccc(c3)c4c56)ccc2-c2c1ccc1c(-c3ccc4c(c3)oc3ccccc34)cccc21. The Kier molecular flexibility index (Phi) is 4.97. The van der Waals surface area contributed by atoms with Crippen LogP contribution >= 0.6 is 0 Å². The van der Waals surface area contributed by atoms with Crippen LogP contribution in [0.1, 0.15) is 25.0 Å². The minimum atomic E-state index is -0.117. The fourth-order valence-electron chi connectivity index (χ4n) is 8.84. The maximum absolute atomic E-state index is 6.28. The maximum Gasteiger partial charge on any atom is 0.136 e. The fraction of sp³-hybridized carbons (Fsp3) is 0.0638. The number of furan rings is 1.